The predicted octanol–water partition coefficient (Wildman–Crippen LogP) is -0.0555. The summed E-state index contributed by atoms with van der Waals surface area (Å²) in [5, 5.41) is 20.6. The molecule has 0 unspecified atom stereocenters. The summed E-state index contributed by atoms with van der Waals surface area (Å²) in [6, 6.07) is 6.46. The van der Waals surface area contributed by atoms with Crippen molar-refractivity contribution in [3.63, 3.8) is 0 Å². The lowest BCUT2D eigenvalue weighted by Gasteiger charge is -2.19. The first-order valence-corrected chi connectivity index (χ1v) is 9.62. The summed E-state index contributed by atoms with van der Waals surface area (Å²) < 4.78 is 31.2. The van der Waals surface area contributed by atoms with Gasteiger partial charge in [-0.25, -0.2) is 9.59 Å². The van der Waals surface area contributed by atoms with Crippen LogP contribution < -0.4 is 16.0 Å². The molecule has 3 rings (SSSR count). The van der Waals surface area contributed by atoms with Gasteiger partial charge in [-0.3, -0.25) is 13.9 Å². The number of aromatic nitrogens is 2. The van der Waals surface area contributed by atoms with Crippen LogP contribution in [0.15, 0.2) is 52.2 Å². The van der Waals surface area contributed by atoms with Gasteiger partial charge in [-0.05, 0) is 24.6 Å². The Kier molecular flexibility index (Phi) is 6.92. The molecular weight excluding hydrogens is 427 g/mol. The minimum absolute atomic E-state index is 0.124. The van der Waals surface area contributed by atoms with Gasteiger partial charge in [0.1, 0.15) is 30.7 Å². The van der Waals surface area contributed by atoms with Gasteiger partial charge in [0.15, 0.2) is 6.23 Å². The fourth-order valence-corrected chi connectivity index (χ4v) is 3.20. The Labute approximate surface area is 181 Å². The summed E-state index contributed by atoms with van der Waals surface area (Å²) in [6.45, 7) is 4.18. The zero-order valence-corrected chi connectivity index (χ0v) is 17.4. The molecule has 11 heteroatoms. The van der Waals surface area contributed by atoms with Crippen LogP contribution in [0.5, 0.6) is 5.75 Å². The fourth-order valence-electron chi connectivity index (χ4n) is 3.20. The molecule has 4 atom stereocenters. The molecule has 1 saturated heterocycles. The largest absolute Gasteiger partial charge is 0.497 e. The number of ether oxygens (including phenoxy) is 3. The lowest BCUT2D eigenvalue weighted by molar-refractivity contribution is -0.145. The molecular formula is C21H23FN2O8. The second-order valence-electron chi connectivity index (χ2n) is 7.33. The molecule has 0 aliphatic carbocycles. The molecule has 2 aromatic rings. The topological polar surface area (TPSA) is 129 Å². The molecule has 2 N–H and O–H groups in total. The van der Waals surface area contributed by atoms with Gasteiger partial charge in [0.2, 0.25) is 5.82 Å². The minimum atomic E-state index is -1.65. The molecule has 0 radical (unpaired) electrons. The lowest BCUT2D eigenvalue weighted by Crippen LogP contribution is -2.44. The van der Waals surface area contributed by atoms with Gasteiger partial charge in [0, 0.05) is 5.57 Å². The number of hydrogen-bond donors (Lipinski definition) is 2. The van der Waals surface area contributed by atoms with Crippen LogP contribution in [0, 0.1) is 5.82 Å². The van der Waals surface area contributed by atoms with Gasteiger partial charge in [0.25, 0.3) is 5.56 Å². The normalized spacial score (nSPS) is 22.5. The number of aliphatic hydroxyl groups excluding tert-OH is 2. The van der Waals surface area contributed by atoms with Gasteiger partial charge < -0.3 is 24.4 Å². The van der Waals surface area contributed by atoms with E-state index in [1.54, 1.807) is 24.3 Å². The number of benzene rings is 1. The molecule has 1 aliphatic rings. The third-order valence-electron chi connectivity index (χ3n) is 4.99. The summed E-state index contributed by atoms with van der Waals surface area (Å²) in [5.74, 6) is -1.41. The van der Waals surface area contributed by atoms with E-state index in [1.165, 1.54) is 14.0 Å². The molecule has 1 fully saturated rings. The smallest absolute Gasteiger partial charge is 0.333 e. The van der Waals surface area contributed by atoms with E-state index < -0.39 is 54.2 Å². The van der Waals surface area contributed by atoms with Crippen LogP contribution in [-0.4, -0.2) is 57.3 Å². The van der Waals surface area contributed by atoms with E-state index in [-0.39, 0.29) is 12.1 Å². The molecule has 1 aliphatic heterocycles. The molecule has 32 heavy (non-hydrogen) atoms. The van der Waals surface area contributed by atoms with Crippen molar-refractivity contribution in [2.45, 2.75) is 38.0 Å². The third kappa shape index (κ3) is 4.64. The molecule has 172 valence electrons. The van der Waals surface area contributed by atoms with E-state index in [1.807, 2.05) is 0 Å². The summed E-state index contributed by atoms with van der Waals surface area (Å²) in [6.07, 6.45) is -5.26. The zero-order valence-electron chi connectivity index (χ0n) is 17.4. The quantitative estimate of drug-likeness (QED) is 0.444. The Bertz CT molecular complexity index is 1120. The summed E-state index contributed by atoms with van der Waals surface area (Å²) in [7, 11) is 1.48. The first-order valence-electron chi connectivity index (χ1n) is 9.62. The second kappa shape index (κ2) is 9.47. The highest BCUT2D eigenvalue weighted by Gasteiger charge is 2.45. The molecule has 0 saturated carbocycles. The number of hydrogen-bond acceptors (Lipinski definition) is 8. The predicted molar refractivity (Wildman–Crippen MR) is 109 cm³/mol. The van der Waals surface area contributed by atoms with Crippen molar-refractivity contribution in [1.82, 2.24) is 9.13 Å². The van der Waals surface area contributed by atoms with Crippen molar-refractivity contribution >= 4 is 5.97 Å². The lowest BCUT2D eigenvalue weighted by atomic mass is 10.1. The highest BCUT2D eigenvalue weighted by atomic mass is 19.1. The van der Waals surface area contributed by atoms with Gasteiger partial charge in [-0.2, -0.15) is 4.39 Å². The van der Waals surface area contributed by atoms with Crippen LogP contribution in [0.4, 0.5) is 4.39 Å². The van der Waals surface area contributed by atoms with Crippen molar-refractivity contribution in [3.05, 3.63) is 74.8 Å². The van der Waals surface area contributed by atoms with E-state index in [9.17, 15) is 29.0 Å². The van der Waals surface area contributed by atoms with Crippen LogP contribution in [-0.2, 0) is 20.8 Å². The Morgan fingerprint density at radius 2 is 1.88 bits per heavy atom. The van der Waals surface area contributed by atoms with Gasteiger partial charge in [-0.1, -0.05) is 18.7 Å². The third-order valence-corrected chi connectivity index (χ3v) is 4.99. The van der Waals surface area contributed by atoms with Gasteiger partial charge >= 0.3 is 11.7 Å². The van der Waals surface area contributed by atoms with Crippen molar-refractivity contribution in [2.24, 2.45) is 0 Å². The number of halogens is 1. The van der Waals surface area contributed by atoms with E-state index in [4.69, 9.17) is 14.2 Å². The number of carbonyl (C=O) groups is 1. The van der Waals surface area contributed by atoms with Gasteiger partial charge in [-0.15, -0.1) is 0 Å². The van der Waals surface area contributed by atoms with Crippen LogP contribution >= 0.6 is 0 Å². The van der Waals surface area contributed by atoms with Crippen molar-refractivity contribution < 1.29 is 33.6 Å². The Morgan fingerprint density at radius 3 is 2.47 bits per heavy atom. The van der Waals surface area contributed by atoms with E-state index in [2.05, 4.69) is 6.58 Å². The molecule has 1 aromatic carbocycles. The standard InChI is InChI=1S/C21H23FN2O8/c1-11(2)20(28)31-10-15-16(25)17(26)19(32-15)24-9-14(22)18(27)23(21(24)29)8-12-4-6-13(30-3)7-5-12/h4-7,9,15-17,19,25-26H,1,8,10H2,2-3H3/t15-,16-,17-,19-/m1/s1. The second-order valence-corrected chi connectivity index (χ2v) is 7.33. The summed E-state index contributed by atoms with van der Waals surface area (Å²) in [5.41, 5.74) is -1.46. The van der Waals surface area contributed by atoms with E-state index >= 15 is 0 Å². The maximum Gasteiger partial charge on any atom is 0.333 e. The highest BCUT2D eigenvalue weighted by Crippen LogP contribution is 2.28. The number of nitrogens with zero attached hydrogens (tertiary/aromatic N) is 2. The Balaban J connectivity index is 1.89. The number of carbonyl (C=O) groups excluding carboxylic acids is 1. The maximum absolute atomic E-state index is 14.4. The van der Waals surface area contributed by atoms with Crippen molar-refractivity contribution in [1.29, 1.82) is 0 Å². The Morgan fingerprint density at radius 1 is 1.22 bits per heavy atom. The SMILES string of the molecule is C=C(C)C(=O)OC[C@H]1O[C@@H](n2cc(F)c(=O)n(Cc3ccc(OC)cc3)c2=O)[C@H](O)[C@@H]1O. The van der Waals surface area contributed by atoms with Crippen LogP contribution in [0.3, 0.4) is 0 Å². The monoisotopic (exact) mass is 450 g/mol. The zero-order chi connectivity index (χ0) is 23.6. The average molecular weight is 450 g/mol. The molecule has 0 spiro atoms. The molecule has 10 nitrogen and oxygen atoms in total. The molecule has 0 bridgehead atoms. The van der Waals surface area contributed by atoms with Crippen LogP contribution in [0.25, 0.3) is 0 Å². The molecule has 2 heterocycles. The summed E-state index contributed by atoms with van der Waals surface area (Å²) >= 11 is 0. The van der Waals surface area contributed by atoms with Crippen molar-refractivity contribution in [3.8, 4) is 5.75 Å². The van der Waals surface area contributed by atoms with E-state index in [0.717, 1.165) is 0 Å². The van der Waals surface area contributed by atoms with Gasteiger partial charge in [0.05, 0.1) is 19.9 Å². The van der Waals surface area contributed by atoms with Crippen molar-refractivity contribution in [2.75, 3.05) is 13.7 Å². The number of methoxy groups -OCH3 is 1. The van der Waals surface area contributed by atoms with E-state index in [0.29, 0.717) is 26.6 Å². The number of aliphatic hydroxyl groups is 2. The maximum atomic E-state index is 14.4. The highest BCUT2D eigenvalue weighted by molar-refractivity contribution is 5.86. The molecule has 1 aromatic heterocycles. The molecule has 0 amide bonds. The first-order chi connectivity index (χ1) is 15.1. The van der Waals surface area contributed by atoms with Crippen LogP contribution in [0.1, 0.15) is 18.7 Å². The number of esters is 1. The summed E-state index contributed by atoms with van der Waals surface area (Å²) in [4.78, 5) is 36.8. The van der Waals surface area contributed by atoms with Crippen LogP contribution in [0.2, 0.25) is 0 Å². The first kappa shape index (κ1) is 23.4. The Hall–Kier alpha value is -3.28. The fraction of sp³-hybridized carbons (Fsp3) is 0.381. The minimum Gasteiger partial charge on any atom is -0.497 e. The number of rotatable bonds is 7. The average Bonchev–Trinajstić information content (AvgIpc) is 3.06.